The van der Waals surface area contributed by atoms with Crippen LogP contribution in [0, 0.1) is 0 Å². The Hall–Kier alpha value is -3.79. The Kier molecular flexibility index (Phi) is 40.0. The molecule has 4 saturated heterocycles. The quantitative estimate of drug-likeness (QED) is 0.0288. The SMILES string of the molecule is [2H]C([2H])([2H])CCCCCCCCCCCCCCCCC(=O)N[C@@H](CO[C@@H]1O[C@H](CO)[C@@H](O[C@@H]2O[C@H](CO)[C@H](O)[C@H](O[C@]3(C(=O)O)C[C@H](O)[C@@H](NC(C)=O)[C@H]([C@H](O)[C@@H](CO)O[C@]4(C(=O)O)C[C@H](O)[C@@H](NC(C)=O)[C@H]([C@H](O)[C@H](O)CO)O4)O3)[C@H]2O)[C@H](O)[C@H]1O)[C@H](O)/C=C/CCCCCCCCCCCCC. The summed E-state index contributed by atoms with van der Waals surface area (Å²) in [6.45, 7) is -3.05. The molecule has 102 heavy (non-hydrogen) atoms. The maximum atomic E-state index is 13.6. The zero-order chi connectivity index (χ0) is 78.0. The minimum Gasteiger partial charge on any atom is -0.477 e. The molecule has 0 aromatic rings. The molecule has 0 aromatic carbocycles. The molecule has 0 radical (unpaired) electrons. The van der Waals surface area contributed by atoms with Gasteiger partial charge in [0.15, 0.2) is 12.6 Å². The van der Waals surface area contributed by atoms with E-state index < -0.39 is 228 Å². The molecule has 0 aromatic heterocycles. The predicted molar refractivity (Wildman–Crippen MR) is 363 cm³/mol. The van der Waals surface area contributed by atoms with Gasteiger partial charge in [0.2, 0.25) is 17.7 Å². The third-order valence-corrected chi connectivity index (χ3v) is 19.3. The molecule has 32 nitrogen and oxygen atoms in total. The van der Waals surface area contributed by atoms with Gasteiger partial charge in [-0.15, -0.1) is 0 Å². The summed E-state index contributed by atoms with van der Waals surface area (Å²) in [5.41, 5.74) is 0. The number of carbonyl (C=O) groups excluding carboxylic acids is 3. The van der Waals surface area contributed by atoms with Crippen LogP contribution in [0.2, 0.25) is 0 Å². The van der Waals surface area contributed by atoms with Crippen molar-refractivity contribution in [2.24, 2.45) is 0 Å². The summed E-state index contributed by atoms with van der Waals surface area (Å²) < 4.78 is 68.4. The molecule has 0 saturated carbocycles. The van der Waals surface area contributed by atoms with Gasteiger partial charge in [-0.1, -0.05) is 180 Å². The van der Waals surface area contributed by atoms with Crippen LogP contribution in [0.1, 0.15) is 224 Å². The number of unbranched alkanes of at least 4 members (excludes halogenated alkanes) is 24. The van der Waals surface area contributed by atoms with Crippen LogP contribution in [-0.2, 0) is 61.9 Å². The fourth-order valence-corrected chi connectivity index (χ4v) is 13.4. The second kappa shape index (κ2) is 47.8. The van der Waals surface area contributed by atoms with E-state index in [1.807, 2.05) is 0 Å². The van der Waals surface area contributed by atoms with Crippen molar-refractivity contribution in [3.8, 4) is 0 Å². The smallest absolute Gasteiger partial charge is 0.364 e. The summed E-state index contributed by atoms with van der Waals surface area (Å²) in [6, 6.07) is -4.76. The lowest BCUT2D eigenvalue weighted by atomic mass is 9.87. The van der Waals surface area contributed by atoms with Crippen LogP contribution in [0.25, 0.3) is 0 Å². The monoisotopic (exact) mass is 1470 g/mol. The molecule has 4 aliphatic rings. The first-order valence-electron chi connectivity index (χ1n) is 38.3. The molecular formula is C70H125N3O29. The minimum atomic E-state index is -3.40. The van der Waals surface area contributed by atoms with Gasteiger partial charge in [0.25, 0.3) is 11.6 Å². The van der Waals surface area contributed by atoms with Gasteiger partial charge in [-0.05, 0) is 19.3 Å². The van der Waals surface area contributed by atoms with Crippen LogP contribution < -0.4 is 16.0 Å². The Bertz CT molecular complexity index is 2520. The summed E-state index contributed by atoms with van der Waals surface area (Å²) in [6.07, 6.45) is -11.9. The number of rotatable bonds is 52. The maximum Gasteiger partial charge on any atom is 0.364 e. The van der Waals surface area contributed by atoms with Gasteiger partial charge in [0, 0.05) is 37.2 Å². The van der Waals surface area contributed by atoms with Crippen molar-refractivity contribution >= 4 is 29.7 Å². The second-order valence-corrected chi connectivity index (χ2v) is 27.6. The highest BCUT2D eigenvalue weighted by Crippen LogP contribution is 2.41. The summed E-state index contributed by atoms with van der Waals surface area (Å²) in [4.78, 5) is 65.0. The molecule has 0 spiro atoms. The zero-order valence-electron chi connectivity index (χ0n) is 62.6. The van der Waals surface area contributed by atoms with E-state index in [-0.39, 0.29) is 12.8 Å². The fourth-order valence-electron chi connectivity index (χ4n) is 13.4. The second-order valence-electron chi connectivity index (χ2n) is 27.6. The molecule has 3 amide bonds. The van der Waals surface area contributed by atoms with Crippen molar-refractivity contribution in [1.29, 1.82) is 0 Å². The summed E-state index contributed by atoms with van der Waals surface area (Å²) >= 11 is 0. The van der Waals surface area contributed by atoms with E-state index in [1.165, 1.54) is 51.0 Å². The lowest BCUT2D eigenvalue weighted by molar-refractivity contribution is -0.388. The first kappa shape index (κ1) is 85.5. The molecule has 0 unspecified atom stereocenters. The van der Waals surface area contributed by atoms with E-state index in [0.29, 0.717) is 12.8 Å². The number of carboxylic acid groups (broad SMARTS) is 2. The molecular weight excluding hydrogens is 1350 g/mol. The highest BCUT2D eigenvalue weighted by atomic mass is 16.8. The van der Waals surface area contributed by atoms with Crippen LogP contribution in [0.4, 0.5) is 0 Å². The number of ether oxygens (including phenoxy) is 8. The maximum absolute atomic E-state index is 13.6. The number of hydrogen-bond acceptors (Lipinski definition) is 27. The van der Waals surface area contributed by atoms with Crippen molar-refractivity contribution in [3.63, 3.8) is 0 Å². The number of hydrogen-bond donors (Lipinski definition) is 19. The Morgan fingerprint density at radius 3 is 1.51 bits per heavy atom. The highest BCUT2D eigenvalue weighted by Gasteiger charge is 2.62. The van der Waals surface area contributed by atoms with Crippen LogP contribution in [-0.4, -0.2) is 290 Å². The largest absolute Gasteiger partial charge is 0.477 e. The molecule has 4 rings (SSSR count). The van der Waals surface area contributed by atoms with E-state index in [9.17, 15) is 106 Å². The number of amides is 3. The molecule has 32 heteroatoms. The minimum absolute atomic E-state index is 0.125. The van der Waals surface area contributed by atoms with Gasteiger partial charge >= 0.3 is 11.9 Å². The van der Waals surface area contributed by atoms with Crippen LogP contribution in [0.5, 0.6) is 0 Å². The third-order valence-electron chi connectivity index (χ3n) is 19.3. The standard InChI is InChI=1S/C70H125N3O29/c1-5-7-9-11-13-15-17-19-20-22-24-26-28-30-32-34-52(84)73-44(45(80)33-31-29-27-25-23-21-18-16-14-12-10-8-6-2)41-95-65-59(89)58(88)61(51(40-77)97-65)98-66-60(90)64(56(86)49(38-75)96-66)102-70(68(93)94)36-47(82)54(72-43(4)79)63(101-70)57(87)50(39-76)99-69(67(91)92)35-46(81)53(71-42(3)78)62(100-69)55(85)48(83)37-74/h31,33,44-51,53-66,74-77,80-83,85-90H,5-30,32,34-41H2,1-4H3,(H,71,78)(H,72,79)(H,73,84)(H,91,92)(H,93,94)/b33-31+/t44-,45+,46-,47-,48+,49+,50+,51+,53+,54+,55+,56-,57+,58+,59+,60+,61+,62+,63+,64-,65+,66-,69+,70-/m0/s1/i1D3. The first-order valence-corrected chi connectivity index (χ1v) is 36.8. The number of allylic oxidation sites excluding steroid dienone is 1. The summed E-state index contributed by atoms with van der Waals surface area (Å²) in [5, 5.41) is 185. The predicted octanol–water partition coefficient (Wildman–Crippen LogP) is 0.339. The molecule has 4 heterocycles. The van der Waals surface area contributed by atoms with Crippen molar-refractivity contribution < 1.29 is 148 Å². The Morgan fingerprint density at radius 2 is 1.03 bits per heavy atom. The average molecular weight is 1480 g/mol. The molecule has 24 atom stereocenters. The number of aliphatic hydroxyl groups excluding tert-OH is 14. The van der Waals surface area contributed by atoms with Gasteiger partial charge in [-0.25, -0.2) is 9.59 Å². The van der Waals surface area contributed by atoms with E-state index in [2.05, 4.69) is 22.9 Å². The molecule has 19 N–H and O–H groups in total. The third kappa shape index (κ3) is 28.4. The lowest BCUT2D eigenvalue weighted by Gasteiger charge is -2.51. The molecule has 0 bridgehead atoms. The molecule has 594 valence electrons. The van der Waals surface area contributed by atoms with Gasteiger partial charge in [-0.3, -0.25) is 14.4 Å². The van der Waals surface area contributed by atoms with E-state index in [4.69, 9.17) is 42.0 Å². The first-order chi connectivity index (χ1) is 49.8. The molecule has 0 aliphatic carbocycles. The molecule has 4 fully saturated rings. The molecule has 4 aliphatic heterocycles. The van der Waals surface area contributed by atoms with Crippen LogP contribution in [0.15, 0.2) is 12.2 Å². The zero-order valence-corrected chi connectivity index (χ0v) is 59.6. The number of carbonyl (C=O) groups is 5. The highest BCUT2D eigenvalue weighted by molar-refractivity contribution is 5.78. The average Bonchev–Trinajstić information content (AvgIpc) is 0.752. The number of carboxylic acids is 2. The number of aliphatic hydroxyl groups is 14. The summed E-state index contributed by atoms with van der Waals surface area (Å²) in [7, 11) is 0. The van der Waals surface area contributed by atoms with E-state index in [1.54, 1.807) is 6.08 Å². The van der Waals surface area contributed by atoms with E-state index >= 15 is 0 Å². The van der Waals surface area contributed by atoms with Crippen molar-refractivity contribution in [3.05, 3.63) is 12.2 Å². The van der Waals surface area contributed by atoms with Gasteiger partial charge < -0.3 is 136 Å². The summed E-state index contributed by atoms with van der Waals surface area (Å²) in [5.74, 6) is -13.2. The number of nitrogens with one attached hydrogen (secondary N) is 3. The van der Waals surface area contributed by atoms with Gasteiger partial charge in [-0.2, -0.15) is 0 Å². The normalized spacial score (nSPS) is 32.3. The van der Waals surface area contributed by atoms with Crippen LogP contribution in [0.3, 0.4) is 0 Å². The van der Waals surface area contributed by atoms with Gasteiger partial charge in [0.1, 0.15) is 85.5 Å². The van der Waals surface area contributed by atoms with E-state index in [0.717, 1.165) is 123 Å². The van der Waals surface area contributed by atoms with Crippen molar-refractivity contribution in [2.45, 2.75) is 366 Å². The Balaban J connectivity index is 1.48. The van der Waals surface area contributed by atoms with Crippen molar-refractivity contribution in [1.82, 2.24) is 16.0 Å². The number of aliphatic carboxylic acids is 2. The van der Waals surface area contributed by atoms with Gasteiger partial charge in [0.05, 0.1) is 69.5 Å². The Morgan fingerprint density at radius 1 is 0.559 bits per heavy atom. The van der Waals surface area contributed by atoms with Crippen LogP contribution >= 0.6 is 0 Å². The topological polar surface area (TPSA) is 519 Å². The van der Waals surface area contributed by atoms with Crippen molar-refractivity contribution in [2.75, 3.05) is 33.0 Å². The fraction of sp³-hybridized carbons (Fsp3) is 0.900. The lowest BCUT2D eigenvalue weighted by Crippen LogP contribution is -2.72. The Labute approximate surface area is 602 Å².